The predicted octanol–water partition coefficient (Wildman–Crippen LogP) is 0.129. The van der Waals surface area contributed by atoms with Gasteiger partial charge in [-0.15, -0.1) is 0 Å². The molecule has 6 nitrogen and oxygen atoms in total. The Morgan fingerprint density at radius 3 is 2.33 bits per heavy atom. The summed E-state index contributed by atoms with van der Waals surface area (Å²) in [5.74, 6) is -1.31. The Kier molecular flexibility index (Phi) is 3.83. The van der Waals surface area contributed by atoms with E-state index in [2.05, 4.69) is 0 Å². The molecule has 3 aliphatic heterocycles. The zero-order valence-corrected chi connectivity index (χ0v) is 13.3. The van der Waals surface area contributed by atoms with Crippen LogP contribution < -0.4 is 0 Å². The van der Waals surface area contributed by atoms with Crippen molar-refractivity contribution in [3.8, 4) is 0 Å². The van der Waals surface area contributed by atoms with Gasteiger partial charge in [0, 0.05) is 6.54 Å². The maximum absolute atomic E-state index is 11.2. The van der Waals surface area contributed by atoms with E-state index in [9.17, 15) is 15.3 Å². The van der Waals surface area contributed by atoms with Gasteiger partial charge in [-0.2, -0.15) is 0 Å². The standard InChI is InChI=1S/C15H28N2O4/c1-8(2)11-13(18)16-7-5-6-10(16)15(20)17(11)14(19)12(21-15)9(3)4/h8-14,18-20H,5-7H2,1-4H3/t10-,11+,12+,13-,14-,15-/m1/s1. The number of hydrogen-bond acceptors (Lipinski definition) is 6. The van der Waals surface area contributed by atoms with Gasteiger partial charge in [0.15, 0.2) is 0 Å². The molecule has 3 N–H and O–H groups in total. The van der Waals surface area contributed by atoms with Crippen LogP contribution in [-0.2, 0) is 4.74 Å². The lowest BCUT2D eigenvalue weighted by atomic mass is 9.92. The largest absolute Gasteiger partial charge is 0.377 e. The molecule has 6 atom stereocenters. The Balaban J connectivity index is 2.03. The van der Waals surface area contributed by atoms with Crippen LogP contribution in [0.1, 0.15) is 40.5 Å². The first kappa shape index (κ1) is 15.6. The van der Waals surface area contributed by atoms with Crippen molar-refractivity contribution in [3.63, 3.8) is 0 Å². The number of aliphatic hydroxyl groups is 3. The lowest BCUT2D eigenvalue weighted by molar-refractivity contribution is -0.347. The van der Waals surface area contributed by atoms with Crippen LogP contribution in [-0.4, -0.2) is 68.2 Å². The number of fused-ring (bicyclic) bond motifs is 3. The van der Waals surface area contributed by atoms with Crippen molar-refractivity contribution in [1.29, 1.82) is 0 Å². The van der Waals surface area contributed by atoms with E-state index in [1.165, 1.54) is 0 Å². The second kappa shape index (κ2) is 5.15. The van der Waals surface area contributed by atoms with Crippen LogP contribution >= 0.6 is 0 Å². The van der Waals surface area contributed by atoms with Crippen LogP contribution in [0.3, 0.4) is 0 Å². The third kappa shape index (κ3) is 2.08. The fourth-order valence-electron chi connectivity index (χ4n) is 4.31. The van der Waals surface area contributed by atoms with Crippen molar-refractivity contribution in [2.75, 3.05) is 6.54 Å². The molecule has 0 aromatic heterocycles. The average molecular weight is 300 g/mol. The average Bonchev–Trinajstić information content (AvgIpc) is 2.97. The normalized spacial score (nSPS) is 48.1. The molecular weight excluding hydrogens is 272 g/mol. The topological polar surface area (TPSA) is 76.4 Å². The highest BCUT2D eigenvalue weighted by molar-refractivity contribution is 5.07. The molecule has 3 saturated heterocycles. The number of ether oxygens (including phenoxy) is 1. The molecule has 0 amide bonds. The van der Waals surface area contributed by atoms with Crippen LogP contribution in [0.4, 0.5) is 0 Å². The van der Waals surface area contributed by atoms with Gasteiger partial charge >= 0.3 is 0 Å². The number of piperazine rings is 1. The van der Waals surface area contributed by atoms with Crippen molar-refractivity contribution < 1.29 is 20.1 Å². The van der Waals surface area contributed by atoms with Crippen LogP contribution in [0.15, 0.2) is 0 Å². The third-order valence-corrected chi connectivity index (χ3v) is 5.29. The smallest absolute Gasteiger partial charge is 0.246 e. The quantitative estimate of drug-likeness (QED) is 0.673. The summed E-state index contributed by atoms with van der Waals surface area (Å²) in [6.07, 6.45) is -0.313. The molecule has 0 aliphatic carbocycles. The molecule has 6 heteroatoms. The minimum atomic E-state index is -1.50. The molecule has 3 fully saturated rings. The van der Waals surface area contributed by atoms with Crippen LogP contribution in [0.25, 0.3) is 0 Å². The Bertz CT molecular complexity index is 405. The molecule has 0 aromatic rings. The number of rotatable bonds is 2. The highest BCUT2D eigenvalue weighted by Gasteiger charge is 2.66. The van der Waals surface area contributed by atoms with Crippen molar-refractivity contribution in [2.45, 2.75) is 77.1 Å². The lowest BCUT2D eigenvalue weighted by Crippen LogP contribution is -2.74. The molecule has 0 bridgehead atoms. The highest BCUT2D eigenvalue weighted by Crippen LogP contribution is 2.47. The monoisotopic (exact) mass is 300 g/mol. The SMILES string of the molecule is CC(C)[C@@H]1O[C@]2(O)[C@H]3CCCN3[C@H](O)[C@H](C(C)C)N2[C@@H]1O. The first-order chi connectivity index (χ1) is 9.79. The fraction of sp³-hybridized carbons (Fsp3) is 1.00. The second-order valence-electron chi connectivity index (χ2n) is 7.35. The Hall–Kier alpha value is -0.240. The Labute approximate surface area is 126 Å². The molecule has 3 rings (SSSR count). The Morgan fingerprint density at radius 2 is 1.76 bits per heavy atom. The molecule has 3 aliphatic rings. The van der Waals surface area contributed by atoms with E-state index >= 15 is 0 Å². The van der Waals surface area contributed by atoms with E-state index in [0.29, 0.717) is 0 Å². The summed E-state index contributed by atoms with van der Waals surface area (Å²) in [6.45, 7) is 8.71. The fourth-order valence-corrected chi connectivity index (χ4v) is 4.31. The van der Waals surface area contributed by atoms with E-state index < -0.39 is 24.5 Å². The van der Waals surface area contributed by atoms with Gasteiger partial charge in [-0.05, 0) is 24.7 Å². The van der Waals surface area contributed by atoms with E-state index in [0.717, 1.165) is 19.4 Å². The zero-order chi connectivity index (χ0) is 15.5. The van der Waals surface area contributed by atoms with E-state index in [4.69, 9.17) is 4.74 Å². The van der Waals surface area contributed by atoms with Gasteiger partial charge < -0.3 is 20.1 Å². The lowest BCUT2D eigenvalue weighted by Gasteiger charge is -2.54. The van der Waals surface area contributed by atoms with Gasteiger partial charge in [0.05, 0.1) is 12.1 Å². The molecule has 0 radical (unpaired) electrons. The number of nitrogens with zero attached hydrogens (tertiary/aromatic N) is 2. The summed E-state index contributed by atoms with van der Waals surface area (Å²) in [4.78, 5) is 3.57. The molecule has 21 heavy (non-hydrogen) atoms. The van der Waals surface area contributed by atoms with Crippen molar-refractivity contribution in [3.05, 3.63) is 0 Å². The predicted molar refractivity (Wildman–Crippen MR) is 76.9 cm³/mol. The second-order valence-corrected chi connectivity index (χ2v) is 7.35. The van der Waals surface area contributed by atoms with Crippen LogP contribution in [0.2, 0.25) is 0 Å². The van der Waals surface area contributed by atoms with Crippen molar-refractivity contribution in [1.82, 2.24) is 9.80 Å². The number of aliphatic hydroxyl groups excluding tert-OH is 2. The number of hydrogen-bond donors (Lipinski definition) is 3. The minimum Gasteiger partial charge on any atom is -0.377 e. The molecule has 0 saturated carbocycles. The Morgan fingerprint density at radius 1 is 1.10 bits per heavy atom. The van der Waals surface area contributed by atoms with E-state index in [1.54, 1.807) is 4.90 Å². The molecule has 0 aromatic carbocycles. The van der Waals surface area contributed by atoms with Gasteiger partial charge in [0.1, 0.15) is 18.6 Å². The summed E-state index contributed by atoms with van der Waals surface area (Å²) < 4.78 is 5.95. The van der Waals surface area contributed by atoms with Crippen molar-refractivity contribution in [2.24, 2.45) is 11.8 Å². The molecule has 0 spiro atoms. The van der Waals surface area contributed by atoms with Crippen LogP contribution in [0, 0.1) is 11.8 Å². The summed E-state index contributed by atoms with van der Waals surface area (Å²) in [5, 5.41) is 32.6. The van der Waals surface area contributed by atoms with Gasteiger partial charge in [0.25, 0.3) is 0 Å². The van der Waals surface area contributed by atoms with Crippen molar-refractivity contribution >= 4 is 0 Å². The summed E-state index contributed by atoms with van der Waals surface area (Å²) in [6, 6.07) is -0.621. The van der Waals surface area contributed by atoms with Gasteiger partial charge in [-0.25, -0.2) is 4.90 Å². The summed E-state index contributed by atoms with van der Waals surface area (Å²) >= 11 is 0. The maximum Gasteiger partial charge on any atom is 0.246 e. The first-order valence-electron chi connectivity index (χ1n) is 8.09. The minimum absolute atomic E-state index is 0.0921. The van der Waals surface area contributed by atoms with Crippen LogP contribution in [0.5, 0.6) is 0 Å². The van der Waals surface area contributed by atoms with Gasteiger partial charge in [-0.1, -0.05) is 27.7 Å². The first-order valence-corrected chi connectivity index (χ1v) is 8.09. The highest BCUT2D eigenvalue weighted by atomic mass is 16.7. The molecule has 3 heterocycles. The molecule has 0 unspecified atom stereocenters. The molecular formula is C15H28N2O4. The van der Waals surface area contributed by atoms with E-state index in [1.807, 2.05) is 32.6 Å². The van der Waals surface area contributed by atoms with E-state index in [-0.39, 0.29) is 23.9 Å². The third-order valence-electron chi connectivity index (χ3n) is 5.29. The summed E-state index contributed by atoms with van der Waals surface area (Å²) in [7, 11) is 0. The summed E-state index contributed by atoms with van der Waals surface area (Å²) in [5.41, 5.74) is 0. The van der Waals surface area contributed by atoms with Gasteiger partial charge in [-0.3, -0.25) is 4.90 Å². The maximum atomic E-state index is 11.2. The zero-order valence-electron chi connectivity index (χ0n) is 13.3. The van der Waals surface area contributed by atoms with Gasteiger partial charge in [0.2, 0.25) is 5.91 Å². The molecule has 122 valence electrons.